The number of anilines is 1. The topological polar surface area (TPSA) is 72.7 Å². The number of hydrogen-bond acceptors (Lipinski definition) is 5. The van der Waals surface area contributed by atoms with Crippen molar-refractivity contribution in [2.75, 3.05) is 25.1 Å². The van der Waals surface area contributed by atoms with Crippen molar-refractivity contribution in [3.63, 3.8) is 0 Å². The summed E-state index contributed by atoms with van der Waals surface area (Å²) in [6, 6.07) is 4.64. The molecule has 1 aromatic carbocycles. The summed E-state index contributed by atoms with van der Waals surface area (Å²) in [6.07, 6.45) is 2.72. The minimum atomic E-state index is -0.540. The molecule has 1 aliphatic heterocycles. The molecule has 0 radical (unpaired) electrons. The monoisotopic (exact) mass is 264 g/mol. The van der Waals surface area contributed by atoms with Crippen LogP contribution in [0.4, 0.5) is 11.4 Å². The first-order valence-corrected chi connectivity index (χ1v) is 6.17. The third-order valence-corrected chi connectivity index (χ3v) is 3.41. The molecule has 102 valence electrons. The number of carbonyl (C=O) groups excluding carboxylic acids is 1. The highest BCUT2D eigenvalue weighted by Crippen LogP contribution is 2.26. The Morgan fingerprint density at radius 1 is 1.53 bits per heavy atom. The van der Waals surface area contributed by atoms with Crippen LogP contribution in [-0.4, -0.2) is 37.5 Å². The van der Waals surface area contributed by atoms with E-state index in [0.29, 0.717) is 6.29 Å². The Hall–Kier alpha value is -1.95. The van der Waals surface area contributed by atoms with Gasteiger partial charge in [0.2, 0.25) is 0 Å². The SMILES string of the molecule is COC1CCCN(c2ccc([N+](=O)[O-])c(C=O)c2)C1. The van der Waals surface area contributed by atoms with Crippen LogP contribution in [0.1, 0.15) is 23.2 Å². The Balaban J connectivity index is 2.25. The minimum Gasteiger partial charge on any atom is -0.380 e. The van der Waals surface area contributed by atoms with Crippen molar-refractivity contribution in [1.82, 2.24) is 0 Å². The average molecular weight is 264 g/mol. The molecule has 19 heavy (non-hydrogen) atoms. The van der Waals surface area contributed by atoms with Crippen molar-refractivity contribution in [3.05, 3.63) is 33.9 Å². The molecular weight excluding hydrogens is 248 g/mol. The van der Waals surface area contributed by atoms with Gasteiger partial charge in [0, 0.05) is 32.0 Å². The van der Waals surface area contributed by atoms with Crippen molar-refractivity contribution < 1.29 is 14.5 Å². The Kier molecular flexibility index (Phi) is 4.11. The zero-order chi connectivity index (χ0) is 13.8. The molecule has 1 atom stereocenters. The van der Waals surface area contributed by atoms with Gasteiger partial charge >= 0.3 is 0 Å². The van der Waals surface area contributed by atoms with Gasteiger partial charge in [0.15, 0.2) is 6.29 Å². The summed E-state index contributed by atoms with van der Waals surface area (Å²) in [5.41, 5.74) is 0.788. The first-order valence-electron chi connectivity index (χ1n) is 6.17. The van der Waals surface area contributed by atoms with Crippen LogP contribution < -0.4 is 4.90 Å². The number of benzene rings is 1. The Morgan fingerprint density at radius 2 is 2.32 bits per heavy atom. The molecule has 0 aliphatic carbocycles. The fourth-order valence-corrected chi connectivity index (χ4v) is 2.36. The molecule has 1 aromatic rings. The molecule has 2 rings (SSSR count). The normalized spacial score (nSPS) is 19.2. The number of hydrogen-bond donors (Lipinski definition) is 0. The van der Waals surface area contributed by atoms with Gasteiger partial charge in [-0.05, 0) is 25.0 Å². The highest BCUT2D eigenvalue weighted by atomic mass is 16.6. The predicted molar refractivity (Wildman–Crippen MR) is 70.7 cm³/mol. The number of carbonyl (C=O) groups is 1. The molecule has 0 bridgehead atoms. The number of aldehydes is 1. The zero-order valence-electron chi connectivity index (χ0n) is 10.7. The number of methoxy groups -OCH3 is 1. The van der Waals surface area contributed by atoms with Crippen molar-refractivity contribution >= 4 is 17.7 Å². The van der Waals surface area contributed by atoms with Gasteiger partial charge in [-0.3, -0.25) is 14.9 Å². The maximum Gasteiger partial charge on any atom is 0.280 e. The molecule has 1 saturated heterocycles. The molecule has 1 unspecified atom stereocenters. The third kappa shape index (κ3) is 2.90. The summed E-state index contributed by atoms with van der Waals surface area (Å²) in [7, 11) is 1.68. The summed E-state index contributed by atoms with van der Waals surface area (Å²) >= 11 is 0. The fourth-order valence-electron chi connectivity index (χ4n) is 2.36. The number of nitro groups is 1. The van der Waals surface area contributed by atoms with E-state index >= 15 is 0 Å². The van der Waals surface area contributed by atoms with E-state index in [2.05, 4.69) is 4.90 Å². The lowest BCUT2D eigenvalue weighted by molar-refractivity contribution is -0.385. The van der Waals surface area contributed by atoms with Crippen molar-refractivity contribution in [2.24, 2.45) is 0 Å². The van der Waals surface area contributed by atoms with Crippen LogP contribution in [0.2, 0.25) is 0 Å². The van der Waals surface area contributed by atoms with Crippen LogP contribution in [0.5, 0.6) is 0 Å². The van der Waals surface area contributed by atoms with Gasteiger partial charge in [-0.1, -0.05) is 0 Å². The van der Waals surface area contributed by atoms with E-state index in [0.717, 1.165) is 31.6 Å². The minimum absolute atomic E-state index is 0.113. The molecule has 6 nitrogen and oxygen atoms in total. The second-order valence-electron chi connectivity index (χ2n) is 4.56. The first-order chi connectivity index (χ1) is 9.15. The highest BCUT2D eigenvalue weighted by Gasteiger charge is 2.21. The zero-order valence-corrected chi connectivity index (χ0v) is 10.7. The molecule has 0 aromatic heterocycles. The maximum atomic E-state index is 10.9. The average Bonchev–Trinajstić information content (AvgIpc) is 2.46. The molecule has 0 N–H and O–H groups in total. The Morgan fingerprint density at radius 3 is 2.95 bits per heavy atom. The Labute approximate surface area is 111 Å². The van der Waals surface area contributed by atoms with Gasteiger partial charge in [-0.2, -0.15) is 0 Å². The standard InChI is InChI=1S/C13H16N2O4/c1-19-12-3-2-6-14(8-12)11-4-5-13(15(17)18)10(7-11)9-16/h4-5,7,9,12H,2-3,6,8H2,1H3. The van der Waals surface area contributed by atoms with Crippen LogP contribution in [0.25, 0.3) is 0 Å². The lowest BCUT2D eigenvalue weighted by Crippen LogP contribution is -2.39. The fraction of sp³-hybridized carbons (Fsp3) is 0.462. The van der Waals surface area contributed by atoms with Gasteiger partial charge in [0.1, 0.15) is 0 Å². The summed E-state index contributed by atoms with van der Waals surface area (Å²) in [5, 5.41) is 10.8. The van der Waals surface area contributed by atoms with Gasteiger partial charge in [0.05, 0.1) is 16.6 Å². The van der Waals surface area contributed by atoms with Gasteiger partial charge in [-0.15, -0.1) is 0 Å². The number of rotatable bonds is 4. The predicted octanol–water partition coefficient (Wildman–Crippen LogP) is 2.02. The molecular formula is C13H16N2O4. The number of ether oxygens (including phenoxy) is 1. The lowest BCUT2D eigenvalue weighted by Gasteiger charge is -2.33. The molecule has 1 aliphatic rings. The van der Waals surface area contributed by atoms with E-state index in [1.165, 1.54) is 6.07 Å². The summed E-state index contributed by atoms with van der Waals surface area (Å²) < 4.78 is 5.34. The van der Waals surface area contributed by atoms with Crippen LogP contribution in [-0.2, 0) is 4.74 Å². The second kappa shape index (κ2) is 5.79. The van der Waals surface area contributed by atoms with E-state index in [9.17, 15) is 14.9 Å². The van der Waals surface area contributed by atoms with Crippen LogP contribution in [0, 0.1) is 10.1 Å². The van der Waals surface area contributed by atoms with Crippen LogP contribution in [0.3, 0.4) is 0 Å². The second-order valence-corrected chi connectivity index (χ2v) is 4.56. The lowest BCUT2D eigenvalue weighted by atomic mass is 10.1. The summed E-state index contributed by atoms with van der Waals surface area (Å²) in [5.74, 6) is 0. The van der Waals surface area contributed by atoms with Gasteiger partial charge in [-0.25, -0.2) is 0 Å². The first kappa shape index (κ1) is 13.5. The molecule has 0 saturated carbocycles. The summed E-state index contributed by atoms with van der Waals surface area (Å²) in [4.78, 5) is 23.3. The highest BCUT2D eigenvalue weighted by molar-refractivity contribution is 5.83. The summed E-state index contributed by atoms with van der Waals surface area (Å²) in [6.45, 7) is 1.61. The van der Waals surface area contributed by atoms with E-state index in [1.807, 2.05) is 0 Å². The van der Waals surface area contributed by atoms with E-state index < -0.39 is 4.92 Å². The van der Waals surface area contributed by atoms with Crippen molar-refractivity contribution in [1.29, 1.82) is 0 Å². The van der Waals surface area contributed by atoms with Crippen molar-refractivity contribution in [2.45, 2.75) is 18.9 Å². The quantitative estimate of drug-likeness (QED) is 0.472. The Bertz CT molecular complexity index is 490. The van der Waals surface area contributed by atoms with Crippen LogP contribution >= 0.6 is 0 Å². The molecule has 1 fully saturated rings. The van der Waals surface area contributed by atoms with E-state index in [-0.39, 0.29) is 17.4 Å². The number of nitro benzene ring substituents is 1. The molecule has 1 heterocycles. The van der Waals surface area contributed by atoms with E-state index in [1.54, 1.807) is 19.2 Å². The smallest absolute Gasteiger partial charge is 0.280 e. The van der Waals surface area contributed by atoms with E-state index in [4.69, 9.17) is 4.74 Å². The third-order valence-electron chi connectivity index (χ3n) is 3.41. The maximum absolute atomic E-state index is 10.9. The molecule has 6 heteroatoms. The largest absolute Gasteiger partial charge is 0.380 e. The van der Waals surface area contributed by atoms with Crippen LogP contribution in [0.15, 0.2) is 18.2 Å². The number of nitrogens with zero attached hydrogens (tertiary/aromatic N) is 2. The van der Waals surface area contributed by atoms with Gasteiger partial charge in [0.25, 0.3) is 5.69 Å². The molecule has 0 spiro atoms. The van der Waals surface area contributed by atoms with Crippen molar-refractivity contribution in [3.8, 4) is 0 Å². The molecule has 0 amide bonds. The van der Waals surface area contributed by atoms with Gasteiger partial charge < -0.3 is 9.64 Å². The number of piperidine rings is 1.